The minimum absolute atomic E-state index is 0.279. The van der Waals surface area contributed by atoms with Gasteiger partial charge in [-0.05, 0) is 17.7 Å². The number of nitro groups is 1. The molecule has 1 unspecified atom stereocenters. The quantitative estimate of drug-likeness (QED) is 0.468. The van der Waals surface area contributed by atoms with Crippen molar-refractivity contribution in [1.82, 2.24) is 4.98 Å². The third kappa shape index (κ3) is 2.77. The zero-order valence-corrected chi connectivity index (χ0v) is 10.2. The van der Waals surface area contributed by atoms with Crippen LogP contribution in [0.3, 0.4) is 0 Å². The summed E-state index contributed by atoms with van der Waals surface area (Å²) in [6.45, 7) is 3.69. The summed E-state index contributed by atoms with van der Waals surface area (Å²) in [6.07, 6.45) is 3.06. The van der Waals surface area contributed by atoms with E-state index in [2.05, 4.69) is 11.6 Å². The van der Waals surface area contributed by atoms with Gasteiger partial charge in [-0.2, -0.15) is 0 Å². The number of hydrogen-bond acceptors (Lipinski definition) is 3. The van der Waals surface area contributed by atoms with Gasteiger partial charge in [0.2, 0.25) is 0 Å². The molecule has 2 aromatic rings. The van der Waals surface area contributed by atoms with Gasteiger partial charge < -0.3 is 0 Å². The summed E-state index contributed by atoms with van der Waals surface area (Å²) in [6, 6.07) is 13.6. The van der Waals surface area contributed by atoms with E-state index in [4.69, 9.17) is 0 Å². The van der Waals surface area contributed by atoms with Crippen molar-refractivity contribution < 1.29 is 5.03 Å². The molecule has 0 radical (unpaired) electrons. The zero-order chi connectivity index (χ0) is 13.7. The predicted octanol–water partition coefficient (Wildman–Crippen LogP) is 3.01. The lowest BCUT2D eigenvalue weighted by molar-refractivity contribution is -0.500. The molecule has 0 N–H and O–H groups in total. The van der Waals surface area contributed by atoms with Gasteiger partial charge in [0.05, 0.1) is 0 Å². The summed E-state index contributed by atoms with van der Waals surface area (Å²) >= 11 is 0. The van der Waals surface area contributed by atoms with Crippen LogP contribution in [0.25, 0.3) is 0 Å². The Bertz CT molecular complexity index is 557. The van der Waals surface area contributed by atoms with Crippen molar-refractivity contribution in [2.24, 2.45) is 0 Å². The highest BCUT2D eigenvalue weighted by Crippen LogP contribution is 2.26. The number of pyridine rings is 1. The number of hydrogen-bond donors (Lipinski definition) is 0. The third-order valence-corrected chi connectivity index (χ3v) is 2.69. The number of benzene rings is 1. The highest BCUT2D eigenvalue weighted by Gasteiger charge is 2.28. The van der Waals surface area contributed by atoms with E-state index in [1.807, 2.05) is 30.3 Å². The molecule has 1 heterocycles. The van der Waals surface area contributed by atoms with E-state index in [9.17, 15) is 10.1 Å². The number of aromatic nitrogens is 1. The van der Waals surface area contributed by atoms with Gasteiger partial charge in [-0.1, -0.05) is 47.5 Å². The average Bonchev–Trinajstić information content (AvgIpc) is 2.46. The van der Waals surface area contributed by atoms with Crippen molar-refractivity contribution in [3.05, 3.63) is 83.1 Å². The fourth-order valence-electron chi connectivity index (χ4n) is 1.84. The monoisotopic (exact) mass is 255 g/mol. The SMILES string of the molecule is C=CC(c1ccccc1)N(c1ccccn1)[N+](=O)[O-]. The van der Waals surface area contributed by atoms with E-state index in [0.29, 0.717) is 0 Å². The molecule has 0 saturated carbocycles. The van der Waals surface area contributed by atoms with Gasteiger partial charge in [0, 0.05) is 6.20 Å². The molecule has 0 aliphatic heterocycles. The Morgan fingerprint density at radius 2 is 1.89 bits per heavy atom. The van der Waals surface area contributed by atoms with Crippen LogP contribution >= 0.6 is 0 Å². The fourth-order valence-corrected chi connectivity index (χ4v) is 1.84. The molecule has 0 saturated heterocycles. The highest BCUT2D eigenvalue weighted by molar-refractivity contribution is 5.40. The number of anilines is 1. The Labute approximate surface area is 110 Å². The number of hydrazine groups is 1. The maximum absolute atomic E-state index is 11.3. The lowest BCUT2D eigenvalue weighted by Crippen LogP contribution is -2.33. The Morgan fingerprint density at radius 1 is 1.21 bits per heavy atom. The molecule has 2 rings (SSSR count). The second kappa shape index (κ2) is 5.77. The van der Waals surface area contributed by atoms with Crippen LogP contribution in [0.1, 0.15) is 11.6 Å². The van der Waals surface area contributed by atoms with Crippen LogP contribution in [-0.4, -0.2) is 10.0 Å². The lowest BCUT2D eigenvalue weighted by Gasteiger charge is -2.21. The summed E-state index contributed by atoms with van der Waals surface area (Å²) in [5, 5.41) is 11.8. The standard InChI is InChI=1S/C14H13N3O2/c1-2-13(12-8-4-3-5-9-12)16(17(18)19)14-10-6-7-11-15-14/h2-11,13H,1H2. The molecule has 1 atom stereocenters. The first-order valence-electron chi connectivity index (χ1n) is 5.76. The summed E-state index contributed by atoms with van der Waals surface area (Å²) in [4.78, 5) is 15.3. The molecule has 0 amide bonds. The first-order chi connectivity index (χ1) is 9.24. The minimum Gasteiger partial charge on any atom is -0.234 e. The molecule has 96 valence electrons. The molecular formula is C14H13N3O2. The van der Waals surface area contributed by atoms with Gasteiger partial charge >= 0.3 is 0 Å². The van der Waals surface area contributed by atoms with E-state index >= 15 is 0 Å². The van der Waals surface area contributed by atoms with Gasteiger partial charge in [-0.25, -0.2) is 15.1 Å². The van der Waals surface area contributed by atoms with Crippen molar-refractivity contribution >= 4 is 5.82 Å². The summed E-state index contributed by atoms with van der Waals surface area (Å²) in [5.74, 6) is 0.279. The van der Waals surface area contributed by atoms with Crippen LogP contribution in [0.5, 0.6) is 0 Å². The van der Waals surface area contributed by atoms with Crippen LogP contribution in [0, 0.1) is 10.1 Å². The molecule has 5 heteroatoms. The minimum atomic E-state index is -0.564. The molecule has 19 heavy (non-hydrogen) atoms. The van der Waals surface area contributed by atoms with Gasteiger partial charge in [0.25, 0.3) is 0 Å². The fraction of sp³-hybridized carbons (Fsp3) is 0.0714. The maximum Gasteiger partial charge on any atom is 0.194 e. The first-order valence-corrected chi connectivity index (χ1v) is 5.76. The second-order valence-electron chi connectivity index (χ2n) is 3.86. The van der Waals surface area contributed by atoms with Gasteiger partial charge in [0.1, 0.15) is 6.04 Å². The van der Waals surface area contributed by atoms with Crippen LogP contribution in [0.15, 0.2) is 67.4 Å². The van der Waals surface area contributed by atoms with E-state index in [1.165, 1.54) is 12.3 Å². The maximum atomic E-state index is 11.3. The molecule has 0 fully saturated rings. The van der Waals surface area contributed by atoms with Crippen LogP contribution < -0.4 is 5.01 Å². The summed E-state index contributed by atoms with van der Waals surface area (Å²) in [7, 11) is 0. The van der Waals surface area contributed by atoms with Crippen molar-refractivity contribution in [1.29, 1.82) is 0 Å². The molecule has 0 spiro atoms. The average molecular weight is 255 g/mol. The Hall–Kier alpha value is -2.69. The lowest BCUT2D eigenvalue weighted by atomic mass is 10.1. The van der Waals surface area contributed by atoms with Gasteiger partial charge in [-0.3, -0.25) is 0 Å². The van der Waals surface area contributed by atoms with E-state index < -0.39 is 11.1 Å². The molecule has 0 bridgehead atoms. The second-order valence-corrected chi connectivity index (χ2v) is 3.86. The van der Waals surface area contributed by atoms with Crippen LogP contribution in [0.2, 0.25) is 0 Å². The van der Waals surface area contributed by atoms with E-state index in [-0.39, 0.29) is 5.82 Å². The largest absolute Gasteiger partial charge is 0.234 e. The van der Waals surface area contributed by atoms with Crippen molar-refractivity contribution in [2.75, 3.05) is 5.01 Å². The van der Waals surface area contributed by atoms with Crippen molar-refractivity contribution in [3.63, 3.8) is 0 Å². The normalized spacial score (nSPS) is 11.6. The zero-order valence-electron chi connectivity index (χ0n) is 10.2. The Kier molecular flexibility index (Phi) is 3.87. The van der Waals surface area contributed by atoms with E-state index in [0.717, 1.165) is 10.6 Å². The highest BCUT2D eigenvalue weighted by atomic mass is 16.7. The Morgan fingerprint density at radius 3 is 2.42 bits per heavy atom. The molecular weight excluding hydrogens is 242 g/mol. The van der Waals surface area contributed by atoms with Gasteiger partial charge in [0.15, 0.2) is 10.9 Å². The molecule has 1 aromatic heterocycles. The van der Waals surface area contributed by atoms with Crippen LogP contribution in [-0.2, 0) is 0 Å². The van der Waals surface area contributed by atoms with Crippen LogP contribution in [0.4, 0.5) is 5.82 Å². The van der Waals surface area contributed by atoms with Crippen molar-refractivity contribution in [2.45, 2.75) is 6.04 Å². The summed E-state index contributed by atoms with van der Waals surface area (Å²) in [5.41, 5.74) is 0.792. The smallest absolute Gasteiger partial charge is 0.194 e. The third-order valence-electron chi connectivity index (χ3n) is 2.69. The predicted molar refractivity (Wildman–Crippen MR) is 73.1 cm³/mol. The molecule has 0 aliphatic rings. The van der Waals surface area contributed by atoms with Crippen molar-refractivity contribution in [3.8, 4) is 0 Å². The molecule has 5 nitrogen and oxygen atoms in total. The Balaban J connectivity index is 2.43. The van der Waals surface area contributed by atoms with E-state index in [1.54, 1.807) is 18.2 Å². The number of rotatable bonds is 5. The van der Waals surface area contributed by atoms with Gasteiger partial charge in [-0.15, -0.1) is 6.58 Å². The topological polar surface area (TPSA) is 59.3 Å². The number of nitrogens with zero attached hydrogens (tertiary/aromatic N) is 3. The molecule has 1 aromatic carbocycles. The first kappa shape index (κ1) is 12.8. The summed E-state index contributed by atoms with van der Waals surface area (Å²) < 4.78 is 0. The molecule has 0 aliphatic carbocycles.